The molecule has 3 rings (SSSR count). The molecule has 0 aliphatic carbocycles. The van der Waals surface area contributed by atoms with Gasteiger partial charge in [0.15, 0.2) is 0 Å². The molecule has 1 radical (unpaired) electrons. The van der Waals surface area contributed by atoms with Crippen molar-refractivity contribution in [2.75, 3.05) is 0 Å². The summed E-state index contributed by atoms with van der Waals surface area (Å²) in [7, 11) is 0. The molecule has 0 atom stereocenters. The predicted octanol–water partition coefficient (Wildman–Crippen LogP) is 8.16. The largest absolute Gasteiger partial charge is 0.871 e. The average molecular weight is 640 g/mol. The Morgan fingerprint density at radius 1 is 0.355 bits per heavy atom. The van der Waals surface area contributed by atoms with Crippen molar-refractivity contribution < 1.29 is 33.9 Å². The van der Waals surface area contributed by atoms with Gasteiger partial charge in [-0.1, -0.05) is 140 Å². The van der Waals surface area contributed by atoms with Gasteiger partial charge < -0.3 is 15.3 Å². The van der Waals surface area contributed by atoms with Crippen LogP contribution in [0, 0.1) is 0 Å². The minimum atomic E-state index is -0.309. The second-order valence-corrected chi connectivity index (χ2v) is 8.51. The fourth-order valence-electron chi connectivity index (χ4n) is 1.52. The van der Waals surface area contributed by atoms with E-state index in [0.717, 1.165) is 0 Å². The van der Waals surface area contributed by atoms with Gasteiger partial charge in [-0.25, -0.2) is 0 Å². The van der Waals surface area contributed by atoms with E-state index in [4.69, 9.17) is 104 Å². The van der Waals surface area contributed by atoms with Gasteiger partial charge in [-0.15, -0.1) is 0 Å². The molecule has 0 heterocycles. The van der Waals surface area contributed by atoms with Gasteiger partial charge in [0.1, 0.15) is 0 Å². The molecule has 3 aromatic carbocycles. The van der Waals surface area contributed by atoms with Crippen LogP contribution >= 0.6 is 104 Å². The van der Waals surface area contributed by atoms with E-state index in [-0.39, 0.29) is 65.9 Å². The third-order valence-electron chi connectivity index (χ3n) is 3.00. The molecule has 31 heavy (non-hydrogen) atoms. The Labute approximate surface area is 235 Å². The van der Waals surface area contributed by atoms with Crippen LogP contribution in [0.5, 0.6) is 17.2 Å². The minimum absolute atomic E-state index is 0. The first-order valence-electron chi connectivity index (χ1n) is 7.30. The standard InChI is InChI=1S/3C6H3Cl3O.V/c3*7-3-1-2-4(10)6(9)5(3)8;/h3*1-2,10H;/p-3. The number of halogens is 9. The van der Waals surface area contributed by atoms with Crippen LogP contribution in [-0.2, 0) is 18.6 Å². The fraction of sp³-hybridized carbons (Fsp3) is 0. The van der Waals surface area contributed by atoms with Crippen LogP contribution in [0.25, 0.3) is 0 Å². The quantitative estimate of drug-likeness (QED) is 0.233. The molecule has 0 N–H and O–H groups in total. The maximum atomic E-state index is 10.7. The summed E-state index contributed by atoms with van der Waals surface area (Å²) in [6.45, 7) is 0. The molecular formula is C18H6Cl9O3V-3. The number of hydrogen-bond acceptors (Lipinski definition) is 3. The van der Waals surface area contributed by atoms with E-state index >= 15 is 0 Å². The average Bonchev–Trinajstić information content (AvgIpc) is 2.73. The Hall–Kier alpha value is 0.254. The van der Waals surface area contributed by atoms with Crippen molar-refractivity contribution in [3.63, 3.8) is 0 Å². The molecule has 3 nitrogen and oxygen atoms in total. The van der Waals surface area contributed by atoms with E-state index < -0.39 is 0 Å². The maximum absolute atomic E-state index is 10.7. The Morgan fingerprint density at radius 3 is 0.710 bits per heavy atom. The molecule has 0 bridgehead atoms. The van der Waals surface area contributed by atoms with Crippen LogP contribution in [0.1, 0.15) is 0 Å². The fourth-order valence-corrected chi connectivity index (χ4v) is 3.10. The van der Waals surface area contributed by atoms with Crippen molar-refractivity contribution in [1.29, 1.82) is 0 Å². The normalized spacial score (nSPS) is 9.58. The molecule has 13 heteroatoms. The van der Waals surface area contributed by atoms with E-state index in [0.29, 0.717) is 15.1 Å². The van der Waals surface area contributed by atoms with Gasteiger partial charge in [0.2, 0.25) is 0 Å². The van der Waals surface area contributed by atoms with E-state index in [1.165, 1.54) is 36.4 Å². The van der Waals surface area contributed by atoms with Gasteiger partial charge in [0.05, 0.1) is 45.2 Å². The second-order valence-electron chi connectivity index (χ2n) is 5.02. The number of rotatable bonds is 0. The van der Waals surface area contributed by atoms with E-state index in [1.54, 1.807) is 0 Å². The maximum Gasteiger partial charge on any atom is 0.0772 e. The van der Waals surface area contributed by atoms with E-state index in [2.05, 4.69) is 0 Å². The van der Waals surface area contributed by atoms with Gasteiger partial charge in [-0.2, -0.15) is 0 Å². The van der Waals surface area contributed by atoms with Crippen molar-refractivity contribution in [3.05, 3.63) is 81.6 Å². The van der Waals surface area contributed by atoms with Gasteiger partial charge in [0.25, 0.3) is 0 Å². The van der Waals surface area contributed by atoms with Crippen LogP contribution in [0.4, 0.5) is 0 Å². The van der Waals surface area contributed by atoms with Crippen molar-refractivity contribution in [2.24, 2.45) is 0 Å². The molecule has 0 aliphatic heterocycles. The zero-order valence-corrected chi connectivity index (χ0v) is 22.7. The van der Waals surface area contributed by atoms with Crippen molar-refractivity contribution in [2.45, 2.75) is 0 Å². The molecule has 0 saturated carbocycles. The first kappa shape index (κ1) is 31.3. The first-order chi connectivity index (χ1) is 13.9. The third-order valence-corrected chi connectivity index (χ3v) is 6.83. The summed E-state index contributed by atoms with van der Waals surface area (Å²) in [6, 6.07) is 8.07. The molecule has 0 saturated heterocycles. The summed E-state index contributed by atoms with van der Waals surface area (Å²) in [5, 5.41) is 33.3. The summed E-state index contributed by atoms with van der Waals surface area (Å²) < 4.78 is 0. The molecule has 0 unspecified atom stereocenters. The van der Waals surface area contributed by atoms with Crippen LogP contribution in [0.2, 0.25) is 45.2 Å². The Balaban J connectivity index is 0.000000429. The van der Waals surface area contributed by atoms with Crippen molar-refractivity contribution >= 4 is 104 Å². The summed E-state index contributed by atoms with van der Waals surface area (Å²) in [4.78, 5) is 0. The van der Waals surface area contributed by atoms with Crippen LogP contribution in [0.3, 0.4) is 0 Å². The van der Waals surface area contributed by atoms with E-state index in [9.17, 15) is 15.3 Å². The van der Waals surface area contributed by atoms with Crippen molar-refractivity contribution in [3.8, 4) is 17.2 Å². The molecule has 0 spiro atoms. The number of benzene rings is 3. The van der Waals surface area contributed by atoms with Crippen LogP contribution < -0.4 is 15.3 Å². The molecule has 0 aromatic heterocycles. The van der Waals surface area contributed by atoms with Gasteiger partial charge in [-0.3, -0.25) is 0 Å². The zero-order chi connectivity index (χ0) is 23.2. The molecule has 0 aliphatic rings. The summed E-state index contributed by atoms with van der Waals surface area (Å²) in [5.41, 5.74) is 0. The first-order valence-corrected chi connectivity index (χ1v) is 10.7. The summed E-state index contributed by atoms with van der Waals surface area (Å²) >= 11 is 49.5. The summed E-state index contributed by atoms with van der Waals surface area (Å²) in [6.07, 6.45) is 0. The summed E-state index contributed by atoms with van der Waals surface area (Å²) in [5.74, 6) is -0.928. The van der Waals surface area contributed by atoms with Crippen LogP contribution in [0.15, 0.2) is 36.4 Å². The zero-order valence-electron chi connectivity index (χ0n) is 14.5. The molecule has 3 aromatic rings. The monoisotopic (exact) mass is 636 g/mol. The number of hydrogen-bond donors (Lipinski definition) is 0. The predicted molar refractivity (Wildman–Crippen MR) is 123 cm³/mol. The molecule has 0 fully saturated rings. The third kappa shape index (κ3) is 9.19. The topological polar surface area (TPSA) is 69.2 Å². The SMILES string of the molecule is [O-]c1ccc(Cl)c(Cl)c1Cl.[O-]c1ccc(Cl)c(Cl)c1Cl.[O-]c1ccc(Cl)c(Cl)c1Cl.[V]. The molecule has 0 amide bonds. The van der Waals surface area contributed by atoms with Gasteiger partial charge in [0, 0.05) is 18.6 Å². The molecule has 167 valence electrons. The van der Waals surface area contributed by atoms with Crippen molar-refractivity contribution in [1.82, 2.24) is 0 Å². The van der Waals surface area contributed by atoms with Crippen LogP contribution in [-0.4, -0.2) is 0 Å². The Bertz CT molecular complexity index is 836. The van der Waals surface area contributed by atoms with Gasteiger partial charge >= 0.3 is 0 Å². The minimum Gasteiger partial charge on any atom is -0.871 e. The van der Waals surface area contributed by atoms with E-state index in [1.807, 2.05) is 0 Å². The Kier molecular flexibility index (Phi) is 14.6. The smallest absolute Gasteiger partial charge is 0.0772 e. The molecular weight excluding hydrogens is 634 g/mol. The second kappa shape index (κ2) is 14.5. The Morgan fingerprint density at radius 2 is 0.548 bits per heavy atom. The van der Waals surface area contributed by atoms with Gasteiger partial charge in [-0.05, 0) is 18.2 Å².